The van der Waals surface area contributed by atoms with E-state index in [1.165, 1.54) is 6.08 Å². The normalized spacial score (nSPS) is 14.4. The van der Waals surface area contributed by atoms with E-state index in [0.717, 1.165) is 0 Å². The Hall–Kier alpha value is -1.56. The number of carbonyl (C=O) groups is 2. The Morgan fingerprint density at radius 3 is 2.39 bits per heavy atom. The molecular formula is C12H21NO5. The molecule has 0 heterocycles. The number of alkyl carbamates (subject to hydrolysis) is 1. The van der Waals surface area contributed by atoms with E-state index in [4.69, 9.17) is 9.84 Å². The van der Waals surface area contributed by atoms with E-state index >= 15 is 0 Å². The molecule has 0 aromatic heterocycles. The maximum absolute atomic E-state index is 11.3. The highest BCUT2D eigenvalue weighted by Crippen LogP contribution is 2.13. The molecule has 1 amide bonds. The third-order valence-electron chi connectivity index (χ3n) is 1.88. The Bertz CT molecular complexity index is 308. The van der Waals surface area contributed by atoms with Crippen LogP contribution < -0.4 is 5.32 Å². The summed E-state index contributed by atoms with van der Waals surface area (Å²) in [4.78, 5) is 22.4. The van der Waals surface area contributed by atoms with Crippen LogP contribution in [-0.4, -0.2) is 41.5 Å². The number of carboxylic acids is 1. The molecule has 0 rings (SSSR count). The van der Waals surface area contributed by atoms with Gasteiger partial charge in [0.2, 0.25) is 0 Å². The van der Waals surface area contributed by atoms with Crippen molar-refractivity contribution in [3.05, 3.63) is 12.7 Å². The molecule has 18 heavy (non-hydrogen) atoms. The fourth-order valence-corrected chi connectivity index (χ4v) is 1.31. The van der Waals surface area contributed by atoms with Gasteiger partial charge in [-0.1, -0.05) is 12.7 Å². The van der Waals surface area contributed by atoms with Crippen molar-refractivity contribution in [2.24, 2.45) is 0 Å². The van der Waals surface area contributed by atoms with Gasteiger partial charge in [-0.25, -0.2) is 9.59 Å². The second kappa shape index (κ2) is 7.00. The monoisotopic (exact) mass is 259 g/mol. The first kappa shape index (κ1) is 16.4. The number of rotatable bonds is 6. The molecule has 0 aliphatic rings. The lowest BCUT2D eigenvalue weighted by Gasteiger charge is -2.29. The summed E-state index contributed by atoms with van der Waals surface area (Å²) in [6, 6.07) is -1.17. The number of ether oxygens (including phenoxy) is 2. The molecule has 0 saturated heterocycles. The van der Waals surface area contributed by atoms with Gasteiger partial charge in [-0.15, -0.1) is 0 Å². The van der Waals surface area contributed by atoms with Gasteiger partial charge >= 0.3 is 12.1 Å². The van der Waals surface area contributed by atoms with Crippen LogP contribution in [0.15, 0.2) is 12.7 Å². The molecule has 0 radical (unpaired) electrons. The second-order valence-electron chi connectivity index (χ2n) is 4.78. The van der Waals surface area contributed by atoms with E-state index < -0.39 is 29.8 Å². The van der Waals surface area contributed by atoms with Gasteiger partial charge < -0.3 is 19.9 Å². The second-order valence-corrected chi connectivity index (χ2v) is 4.78. The smallest absolute Gasteiger partial charge is 0.408 e. The van der Waals surface area contributed by atoms with Gasteiger partial charge in [-0.2, -0.15) is 0 Å². The van der Waals surface area contributed by atoms with Crippen molar-refractivity contribution in [2.45, 2.75) is 45.4 Å². The van der Waals surface area contributed by atoms with Crippen molar-refractivity contribution in [3.8, 4) is 0 Å². The van der Waals surface area contributed by atoms with Crippen LogP contribution in [0.25, 0.3) is 0 Å². The van der Waals surface area contributed by atoms with E-state index in [1.54, 1.807) is 27.7 Å². The Labute approximate surface area is 107 Å². The van der Waals surface area contributed by atoms with Crippen molar-refractivity contribution in [1.29, 1.82) is 0 Å². The standard InChI is InChI=1S/C12H21NO5/c1-6-7-17-11(16)13-9(10(14)15)8(2)18-12(3,4)5/h6,8-9H,1,7H2,2-5H3,(H,13,16)(H,14,15)/t8-,9+/m0/s1. The first-order chi connectivity index (χ1) is 8.17. The highest BCUT2D eigenvalue weighted by Gasteiger charge is 2.30. The van der Waals surface area contributed by atoms with Crippen LogP contribution >= 0.6 is 0 Å². The summed E-state index contributed by atoms with van der Waals surface area (Å²) in [6.07, 6.45) is -0.102. The summed E-state index contributed by atoms with van der Waals surface area (Å²) in [6.45, 7) is 10.4. The first-order valence-corrected chi connectivity index (χ1v) is 5.62. The van der Waals surface area contributed by atoms with Crippen molar-refractivity contribution in [2.75, 3.05) is 6.61 Å². The van der Waals surface area contributed by atoms with Crippen LogP contribution in [0.2, 0.25) is 0 Å². The zero-order valence-corrected chi connectivity index (χ0v) is 11.2. The molecule has 0 aromatic carbocycles. The zero-order chi connectivity index (χ0) is 14.3. The molecule has 2 N–H and O–H groups in total. The van der Waals surface area contributed by atoms with E-state index in [2.05, 4.69) is 16.6 Å². The van der Waals surface area contributed by atoms with Gasteiger partial charge in [0.15, 0.2) is 6.04 Å². The van der Waals surface area contributed by atoms with Gasteiger partial charge in [0, 0.05) is 0 Å². The molecule has 0 saturated carbocycles. The van der Waals surface area contributed by atoms with Gasteiger partial charge in [-0.05, 0) is 27.7 Å². The molecule has 0 aliphatic carbocycles. The molecule has 2 atom stereocenters. The van der Waals surface area contributed by atoms with E-state index in [9.17, 15) is 9.59 Å². The lowest BCUT2D eigenvalue weighted by atomic mass is 10.1. The van der Waals surface area contributed by atoms with Crippen molar-refractivity contribution in [1.82, 2.24) is 5.32 Å². The van der Waals surface area contributed by atoms with Crippen LogP contribution in [0.4, 0.5) is 4.79 Å². The highest BCUT2D eigenvalue weighted by molar-refractivity contribution is 5.80. The molecule has 0 aromatic rings. The quantitative estimate of drug-likeness (QED) is 0.707. The maximum atomic E-state index is 11.3. The summed E-state index contributed by atoms with van der Waals surface area (Å²) in [7, 11) is 0. The van der Waals surface area contributed by atoms with Crippen LogP contribution in [-0.2, 0) is 14.3 Å². The van der Waals surface area contributed by atoms with Gasteiger partial charge in [0.25, 0.3) is 0 Å². The number of nitrogens with one attached hydrogen (secondary N) is 1. The summed E-state index contributed by atoms with van der Waals surface area (Å²) in [5.41, 5.74) is -0.500. The minimum Gasteiger partial charge on any atom is -0.480 e. The minimum absolute atomic E-state index is 0.0205. The summed E-state index contributed by atoms with van der Waals surface area (Å²) in [5.74, 6) is -1.18. The maximum Gasteiger partial charge on any atom is 0.408 e. The summed E-state index contributed by atoms with van der Waals surface area (Å²) < 4.78 is 10.2. The highest BCUT2D eigenvalue weighted by atomic mass is 16.6. The molecule has 0 unspecified atom stereocenters. The zero-order valence-electron chi connectivity index (χ0n) is 11.2. The number of carbonyl (C=O) groups excluding carboxylic acids is 1. The number of hydrogen-bond donors (Lipinski definition) is 2. The topological polar surface area (TPSA) is 84.9 Å². The van der Waals surface area contributed by atoms with Crippen LogP contribution in [0, 0.1) is 0 Å². The summed E-state index contributed by atoms with van der Waals surface area (Å²) in [5, 5.41) is 11.3. The molecule has 0 bridgehead atoms. The van der Waals surface area contributed by atoms with E-state index in [0.29, 0.717) is 0 Å². The average molecular weight is 259 g/mol. The minimum atomic E-state index is -1.18. The lowest BCUT2D eigenvalue weighted by Crippen LogP contribution is -2.50. The van der Waals surface area contributed by atoms with Gasteiger partial charge in [0.1, 0.15) is 6.61 Å². The lowest BCUT2D eigenvalue weighted by molar-refractivity contribution is -0.147. The largest absolute Gasteiger partial charge is 0.480 e. The molecule has 0 aliphatic heterocycles. The Kier molecular flexibility index (Phi) is 6.40. The molecular weight excluding hydrogens is 238 g/mol. The molecule has 0 fully saturated rings. The molecule has 0 spiro atoms. The predicted octanol–water partition coefficient (Wildman–Crippen LogP) is 1.56. The summed E-state index contributed by atoms with van der Waals surface area (Å²) >= 11 is 0. The fraction of sp³-hybridized carbons (Fsp3) is 0.667. The Balaban J connectivity index is 4.52. The molecule has 6 heteroatoms. The van der Waals surface area contributed by atoms with E-state index in [-0.39, 0.29) is 6.61 Å². The SMILES string of the molecule is C=CCOC(=O)N[C@@H](C(=O)O)[C@H](C)OC(C)(C)C. The van der Waals surface area contributed by atoms with Crippen molar-refractivity contribution in [3.63, 3.8) is 0 Å². The van der Waals surface area contributed by atoms with Crippen LogP contribution in [0.1, 0.15) is 27.7 Å². The first-order valence-electron chi connectivity index (χ1n) is 5.62. The van der Waals surface area contributed by atoms with Crippen LogP contribution in [0.5, 0.6) is 0 Å². The average Bonchev–Trinajstić information content (AvgIpc) is 2.19. The van der Waals surface area contributed by atoms with Crippen molar-refractivity contribution >= 4 is 12.1 Å². The fourth-order valence-electron chi connectivity index (χ4n) is 1.31. The van der Waals surface area contributed by atoms with E-state index in [1.807, 2.05) is 0 Å². The van der Waals surface area contributed by atoms with Crippen LogP contribution in [0.3, 0.4) is 0 Å². The third kappa shape index (κ3) is 6.90. The number of carboxylic acid groups (broad SMARTS) is 1. The molecule has 104 valence electrons. The van der Waals surface area contributed by atoms with Gasteiger partial charge in [-0.3, -0.25) is 0 Å². The Morgan fingerprint density at radius 2 is 2.00 bits per heavy atom. The molecule has 6 nitrogen and oxygen atoms in total. The third-order valence-corrected chi connectivity index (χ3v) is 1.88. The number of hydrogen-bond acceptors (Lipinski definition) is 4. The number of amides is 1. The van der Waals surface area contributed by atoms with Crippen molar-refractivity contribution < 1.29 is 24.2 Å². The van der Waals surface area contributed by atoms with Gasteiger partial charge in [0.05, 0.1) is 11.7 Å². The number of aliphatic carboxylic acids is 1. The predicted molar refractivity (Wildman–Crippen MR) is 66.4 cm³/mol. The Morgan fingerprint density at radius 1 is 1.44 bits per heavy atom.